The van der Waals surface area contributed by atoms with Crippen molar-refractivity contribution in [3.8, 4) is 6.07 Å². The zero-order valence-corrected chi connectivity index (χ0v) is 12.1. The van der Waals surface area contributed by atoms with E-state index in [1.54, 1.807) is 28.9 Å². The molecule has 3 rings (SSSR count). The molecule has 2 heterocycles. The zero-order chi connectivity index (χ0) is 14.8. The van der Waals surface area contributed by atoms with Gasteiger partial charge in [-0.1, -0.05) is 11.6 Å². The summed E-state index contributed by atoms with van der Waals surface area (Å²) in [5.74, 6) is 0. The molecule has 2 aromatic heterocycles. The van der Waals surface area contributed by atoms with E-state index in [0.717, 1.165) is 16.9 Å². The van der Waals surface area contributed by atoms with Crippen molar-refractivity contribution >= 4 is 22.9 Å². The highest BCUT2D eigenvalue weighted by molar-refractivity contribution is 6.30. The van der Waals surface area contributed by atoms with Crippen molar-refractivity contribution in [2.24, 2.45) is 0 Å². The molecule has 0 bridgehead atoms. The smallest absolute Gasteiger partial charge is 0.155 e. The third-order valence-electron chi connectivity index (χ3n) is 3.07. The first kappa shape index (κ1) is 13.4. The first-order valence-corrected chi connectivity index (χ1v) is 6.78. The van der Waals surface area contributed by atoms with Crippen molar-refractivity contribution in [3.05, 3.63) is 58.5 Å². The van der Waals surface area contributed by atoms with E-state index in [0.29, 0.717) is 22.8 Å². The van der Waals surface area contributed by atoms with Gasteiger partial charge in [0.15, 0.2) is 5.65 Å². The number of fused-ring (bicyclic) bond motifs is 1. The molecule has 0 saturated carbocycles. The molecule has 0 radical (unpaired) electrons. The molecule has 1 N–H and O–H groups in total. The van der Waals surface area contributed by atoms with Crippen molar-refractivity contribution in [3.63, 3.8) is 0 Å². The van der Waals surface area contributed by atoms with E-state index >= 15 is 0 Å². The van der Waals surface area contributed by atoms with Gasteiger partial charge < -0.3 is 5.32 Å². The van der Waals surface area contributed by atoms with Crippen LogP contribution in [-0.2, 0) is 6.54 Å². The second-order valence-electron chi connectivity index (χ2n) is 4.71. The van der Waals surface area contributed by atoms with Gasteiger partial charge in [0, 0.05) is 35.6 Å². The van der Waals surface area contributed by atoms with Crippen LogP contribution in [0.2, 0.25) is 5.02 Å². The number of hydrogen-bond acceptors (Lipinski definition) is 4. The van der Waals surface area contributed by atoms with Crippen LogP contribution in [0.25, 0.3) is 5.65 Å². The maximum atomic E-state index is 9.09. The molecule has 1 aromatic carbocycles. The maximum absolute atomic E-state index is 9.09. The molecule has 0 aliphatic carbocycles. The minimum atomic E-state index is 0.539. The fraction of sp³-hybridized carbons (Fsp3) is 0.133. The van der Waals surface area contributed by atoms with E-state index in [-0.39, 0.29) is 0 Å². The van der Waals surface area contributed by atoms with Crippen LogP contribution in [-0.4, -0.2) is 14.6 Å². The first-order chi connectivity index (χ1) is 10.2. The average Bonchev–Trinajstić information content (AvgIpc) is 2.84. The van der Waals surface area contributed by atoms with Gasteiger partial charge >= 0.3 is 0 Å². The Labute approximate surface area is 126 Å². The van der Waals surface area contributed by atoms with Crippen LogP contribution in [0.1, 0.15) is 16.8 Å². The highest BCUT2D eigenvalue weighted by Crippen LogP contribution is 2.21. The van der Waals surface area contributed by atoms with Gasteiger partial charge in [0.2, 0.25) is 0 Å². The number of benzene rings is 1. The lowest BCUT2D eigenvalue weighted by Crippen LogP contribution is -2.03. The van der Waals surface area contributed by atoms with Gasteiger partial charge in [-0.2, -0.15) is 10.4 Å². The Morgan fingerprint density at radius 2 is 2.24 bits per heavy atom. The minimum Gasteiger partial charge on any atom is -0.380 e. The minimum absolute atomic E-state index is 0.539. The van der Waals surface area contributed by atoms with Crippen molar-refractivity contribution in [1.82, 2.24) is 14.6 Å². The SMILES string of the molecule is Cc1cc2ncc(CNc3cc(Cl)ccc3C#N)cn2n1. The summed E-state index contributed by atoms with van der Waals surface area (Å²) in [7, 11) is 0. The molecule has 0 spiro atoms. The summed E-state index contributed by atoms with van der Waals surface area (Å²) in [6.07, 6.45) is 3.71. The normalized spacial score (nSPS) is 10.5. The summed E-state index contributed by atoms with van der Waals surface area (Å²) in [5.41, 5.74) is 3.98. The van der Waals surface area contributed by atoms with E-state index in [1.165, 1.54) is 0 Å². The van der Waals surface area contributed by atoms with Crippen LogP contribution in [0.4, 0.5) is 5.69 Å². The second-order valence-corrected chi connectivity index (χ2v) is 5.14. The fourth-order valence-corrected chi connectivity index (χ4v) is 2.25. The summed E-state index contributed by atoms with van der Waals surface area (Å²) >= 11 is 5.96. The number of halogens is 1. The Balaban J connectivity index is 1.83. The number of rotatable bonds is 3. The lowest BCUT2D eigenvalue weighted by Gasteiger charge is -2.08. The largest absolute Gasteiger partial charge is 0.380 e. The highest BCUT2D eigenvalue weighted by atomic mass is 35.5. The number of hydrogen-bond donors (Lipinski definition) is 1. The number of aromatic nitrogens is 3. The molecule has 104 valence electrons. The third-order valence-corrected chi connectivity index (χ3v) is 3.31. The highest BCUT2D eigenvalue weighted by Gasteiger charge is 2.04. The lowest BCUT2D eigenvalue weighted by molar-refractivity contribution is 0.895. The van der Waals surface area contributed by atoms with Crippen LogP contribution >= 0.6 is 11.6 Å². The third kappa shape index (κ3) is 2.81. The summed E-state index contributed by atoms with van der Waals surface area (Å²) in [6.45, 7) is 2.47. The Hall–Kier alpha value is -2.58. The average molecular weight is 298 g/mol. The van der Waals surface area contributed by atoms with Crippen LogP contribution in [0, 0.1) is 18.3 Å². The van der Waals surface area contributed by atoms with Crippen LogP contribution in [0.15, 0.2) is 36.7 Å². The number of nitriles is 1. The molecule has 0 unspecified atom stereocenters. The zero-order valence-electron chi connectivity index (χ0n) is 11.3. The maximum Gasteiger partial charge on any atom is 0.155 e. The molecule has 6 heteroatoms. The molecular formula is C15H12ClN5. The molecule has 3 aromatic rings. The quantitative estimate of drug-likeness (QED) is 0.806. The molecule has 21 heavy (non-hydrogen) atoms. The molecular weight excluding hydrogens is 286 g/mol. The summed E-state index contributed by atoms with van der Waals surface area (Å²) in [6, 6.07) is 9.19. The van der Waals surface area contributed by atoms with E-state index in [4.69, 9.17) is 16.9 Å². The monoisotopic (exact) mass is 297 g/mol. The first-order valence-electron chi connectivity index (χ1n) is 6.40. The molecule has 0 aliphatic heterocycles. The number of anilines is 1. The van der Waals surface area contributed by atoms with Gasteiger partial charge in [-0.3, -0.25) is 0 Å². The van der Waals surface area contributed by atoms with Gasteiger partial charge in [0.1, 0.15) is 6.07 Å². The van der Waals surface area contributed by atoms with Gasteiger partial charge in [-0.25, -0.2) is 9.50 Å². The number of nitrogens with zero attached hydrogens (tertiary/aromatic N) is 4. The number of aryl methyl sites for hydroxylation is 1. The van der Waals surface area contributed by atoms with E-state index in [2.05, 4.69) is 21.5 Å². The predicted octanol–water partition coefficient (Wildman–Crippen LogP) is 3.17. The van der Waals surface area contributed by atoms with Crippen LogP contribution < -0.4 is 5.32 Å². The summed E-state index contributed by atoms with van der Waals surface area (Å²) in [5, 5.41) is 17.2. The Morgan fingerprint density at radius 1 is 1.38 bits per heavy atom. The van der Waals surface area contributed by atoms with Gasteiger partial charge in [-0.15, -0.1) is 0 Å². The van der Waals surface area contributed by atoms with Gasteiger partial charge in [-0.05, 0) is 25.1 Å². The Kier molecular flexibility index (Phi) is 3.46. The van der Waals surface area contributed by atoms with E-state index in [9.17, 15) is 0 Å². The summed E-state index contributed by atoms with van der Waals surface area (Å²) in [4.78, 5) is 4.34. The van der Waals surface area contributed by atoms with Crippen molar-refractivity contribution in [2.75, 3.05) is 5.32 Å². The lowest BCUT2D eigenvalue weighted by atomic mass is 10.2. The van der Waals surface area contributed by atoms with E-state index in [1.807, 2.05) is 19.2 Å². The van der Waals surface area contributed by atoms with Gasteiger partial charge in [0.05, 0.1) is 16.9 Å². The molecule has 0 fully saturated rings. The van der Waals surface area contributed by atoms with Crippen molar-refractivity contribution in [2.45, 2.75) is 13.5 Å². The van der Waals surface area contributed by atoms with Crippen LogP contribution in [0.5, 0.6) is 0 Å². The van der Waals surface area contributed by atoms with E-state index < -0.39 is 0 Å². The van der Waals surface area contributed by atoms with Crippen molar-refractivity contribution < 1.29 is 0 Å². The Bertz CT molecular complexity index is 847. The molecule has 5 nitrogen and oxygen atoms in total. The number of nitrogens with one attached hydrogen (secondary N) is 1. The molecule has 0 atom stereocenters. The topological polar surface area (TPSA) is 66.0 Å². The Morgan fingerprint density at radius 3 is 3.05 bits per heavy atom. The molecule has 0 aliphatic rings. The molecule has 0 saturated heterocycles. The molecule has 0 amide bonds. The standard InChI is InChI=1S/C15H12ClN5/c1-10-4-15-19-8-11(9-21(15)20-10)7-18-14-5-13(16)3-2-12(14)6-17/h2-5,8-9,18H,7H2,1H3. The predicted molar refractivity (Wildman–Crippen MR) is 81.2 cm³/mol. The fourth-order valence-electron chi connectivity index (χ4n) is 2.08. The second kappa shape index (κ2) is 5.43. The summed E-state index contributed by atoms with van der Waals surface area (Å²) < 4.78 is 1.75. The van der Waals surface area contributed by atoms with Crippen LogP contribution in [0.3, 0.4) is 0 Å². The van der Waals surface area contributed by atoms with Crippen molar-refractivity contribution in [1.29, 1.82) is 5.26 Å². The van der Waals surface area contributed by atoms with Gasteiger partial charge in [0.25, 0.3) is 0 Å².